The molecule has 0 aromatic heterocycles. The van der Waals surface area contributed by atoms with E-state index in [1.54, 1.807) is 42.7 Å². The van der Waals surface area contributed by atoms with E-state index in [-0.39, 0.29) is 11.8 Å². The van der Waals surface area contributed by atoms with E-state index in [2.05, 4.69) is 60.7 Å². The molecule has 4 rings (SSSR count). The van der Waals surface area contributed by atoms with E-state index < -0.39 is 0 Å². The number of benzene rings is 2. The number of hydrogen-bond acceptors (Lipinski definition) is 6. The molecule has 6 nitrogen and oxygen atoms in total. The van der Waals surface area contributed by atoms with Gasteiger partial charge in [-0.05, 0) is 48.2 Å². The first-order valence-corrected chi connectivity index (χ1v) is 11.9. The largest absolute Gasteiger partial charge is 0.493 e. The highest BCUT2D eigenvalue weighted by Gasteiger charge is 2.34. The average Bonchev–Trinajstić information content (AvgIpc) is 3.64. The third kappa shape index (κ3) is 4.68. The molecular formula is C30H34O6. The van der Waals surface area contributed by atoms with E-state index in [0.717, 1.165) is 24.0 Å². The van der Waals surface area contributed by atoms with Gasteiger partial charge in [0, 0.05) is 11.8 Å². The second-order valence-corrected chi connectivity index (χ2v) is 8.62. The minimum absolute atomic E-state index is 0.00247. The summed E-state index contributed by atoms with van der Waals surface area (Å²) in [5, 5.41) is 0. The summed E-state index contributed by atoms with van der Waals surface area (Å²) < 4.78 is 34.1. The second-order valence-electron chi connectivity index (χ2n) is 8.62. The van der Waals surface area contributed by atoms with Gasteiger partial charge in [0.05, 0.1) is 42.7 Å². The van der Waals surface area contributed by atoms with Gasteiger partial charge >= 0.3 is 0 Å². The summed E-state index contributed by atoms with van der Waals surface area (Å²) in [6.07, 6.45) is 14.8. The maximum atomic E-state index is 5.72. The molecule has 0 spiro atoms. The lowest BCUT2D eigenvalue weighted by Gasteiger charge is -2.32. The van der Waals surface area contributed by atoms with Crippen molar-refractivity contribution in [3.63, 3.8) is 0 Å². The predicted octanol–water partition coefficient (Wildman–Crippen LogP) is 6.38. The van der Waals surface area contributed by atoms with Crippen molar-refractivity contribution in [2.45, 2.75) is 24.7 Å². The molecule has 0 heterocycles. The predicted molar refractivity (Wildman–Crippen MR) is 141 cm³/mol. The molecule has 0 unspecified atom stereocenters. The fourth-order valence-corrected chi connectivity index (χ4v) is 5.19. The maximum Gasteiger partial charge on any atom is 0.203 e. The molecule has 2 aromatic rings. The zero-order valence-electron chi connectivity index (χ0n) is 21.8. The lowest BCUT2D eigenvalue weighted by molar-refractivity contribution is 0.322. The third-order valence-corrected chi connectivity index (χ3v) is 6.82. The molecule has 0 saturated heterocycles. The molecule has 0 radical (unpaired) electrons. The van der Waals surface area contributed by atoms with Gasteiger partial charge < -0.3 is 28.4 Å². The molecule has 0 N–H and O–H groups in total. The van der Waals surface area contributed by atoms with Crippen molar-refractivity contribution in [1.82, 2.24) is 0 Å². The summed E-state index contributed by atoms with van der Waals surface area (Å²) in [6, 6.07) is 8.22. The number of methoxy groups -OCH3 is 6. The number of ether oxygens (including phenoxy) is 6. The summed E-state index contributed by atoms with van der Waals surface area (Å²) in [5.74, 6) is 3.68. The SMILES string of the molecule is COc1cc([C@H](C2=CC=CC2)[C@@H](C2=CC=CC2)c2cc(OC)c(OC)c(OC)c2)cc(OC)c1OC. The van der Waals surface area contributed by atoms with Crippen molar-refractivity contribution in [1.29, 1.82) is 0 Å². The van der Waals surface area contributed by atoms with E-state index >= 15 is 0 Å². The molecule has 2 aliphatic carbocycles. The number of rotatable bonds is 11. The maximum absolute atomic E-state index is 5.72. The lowest BCUT2D eigenvalue weighted by atomic mass is 9.72. The minimum atomic E-state index is 0.00247. The first-order valence-electron chi connectivity index (χ1n) is 11.9. The Labute approximate surface area is 213 Å². The highest BCUT2D eigenvalue weighted by Crippen LogP contribution is 2.52. The highest BCUT2D eigenvalue weighted by atomic mass is 16.5. The van der Waals surface area contributed by atoms with Gasteiger partial charge in [0.2, 0.25) is 11.5 Å². The van der Waals surface area contributed by atoms with Crippen LogP contribution in [0.2, 0.25) is 0 Å². The molecule has 2 aliphatic rings. The van der Waals surface area contributed by atoms with Gasteiger partial charge in [-0.2, -0.15) is 0 Å². The van der Waals surface area contributed by atoms with Crippen LogP contribution < -0.4 is 28.4 Å². The summed E-state index contributed by atoms with van der Waals surface area (Å²) in [6.45, 7) is 0. The molecule has 36 heavy (non-hydrogen) atoms. The molecule has 0 amide bonds. The molecule has 190 valence electrons. The van der Waals surface area contributed by atoms with E-state index in [1.165, 1.54) is 11.1 Å². The Kier molecular flexibility index (Phi) is 7.93. The van der Waals surface area contributed by atoms with E-state index in [1.807, 2.05) is 0 Å². The minimum Gasteiger partial charge on any atom is -0.493 e. The van der Waals surface area contributed by atoms with Crippen LogP contribution in [0.3, 0.4) is 0 Å². The molecule has 0 bridgehead atoms. The number of allylic oxidation sites excluding steroid dienone is 8. The average molecular weight is 491 g/mol. The zero-order chi connectivity index (χ0) is 25.7. The van der Waals surface area contributed by atoms with Crippen LogP contribution in [0.15, 0.2) is 71.9 Å². The topological polar surface area (TPSA) is 55.4 Å². The zero-order valence-corrected chi connectivity index (χ0v) is 21.8. The molecule has 6 heteroatoms. The standard InChI is InChI=1S/C30H34O6/c1-31-23-15-21(16-24(32-2)29(23)35-5)27(19-11-7-8-12-19)28(20-13-9-10-14-20)22-17-25(33-3)30(36-6)26(18-22)34-4/h7-11,13,15-18,27-28H,12,14H2,1-6H3/t27-,28-/m0/s1. The van der Waals surface area contributed by atoms with Crippen LogP contribution in [0.25, 0.3) is 0 Å². The van der Waals surface area contributed by atoms with Gasteiger partial charge in [-0.1, -0.05) is 47.6 Å². The van der Waals surface area contributed by atoms with Crippen LogP contribution in [0.5, 0.6) is 34.5 Å². The van der Waals surface area contributed by atoms with Crippen LogP contribution >= 0.6 is 0 Å². The van der Waals surface area contributed by atoms with Crippen LogP contribution in [0.1, 0.15) is 35.8 Å². The highest BCUT2D eigenvalue weighted by molar-refractivity contribution is 5.60. The van der Waals surface area contributed by atoms with Crippen molar-refractivity contribution in [2.75, 3.05) is 42.7 Å². The van der Waals surface area contributed by atoms with Gasteiger partial charge in [-0.3, -0.25) is 0 Å². The van der Waals surface area contributed by atoms with Gasteiger partial charge in [-0.25, -0.2) is 0 Å². The van der Waals surface area contributed by atoms with Gasteiger partial charge in [0.25, 0.3) is 0 Å². The second kappa shape index (κ2) is 11.3. The fraction of sp³-hybridized carbons (Fsp3) is 0.333. The van der Waals surface area contributed by atoms with Crippen molar-refractivity contribution in [2.24, 2.45) is 0 Å². The first kappa shape index (κ1) is 25.3. The van der Waals surface area contributed by atoms with Crippen LogP contribution in [-0.4, -0.2) is 42.7 Å². The van der Waals surface area contributed by atoms with E-state index in [0.29, 0.717) is 34.5 Å². The molecule has 0 fully saturated rings. The Morgan fingerprint density at radius 2 is 0.833 bits per heavy atom. The third-order valence-electron chi connectivity index (χ3n) is 6.82. The number of hydrogen-bond donors (Lipinski definition) is 0. The normalized spacial score (nSPS) is 15.7. The van der Waals surface area contributed by atoms with Gasteiger partial charge in [-0.15, -0.1) is 0 Å². The Morgan fingerprint density at radius 3 is 1.06 bits per heavy atom. The quantitative estimate of drug-likeness (QED) is 0.364. The van der Waals surface area contributed by atoms with E-state index in [9.17, 15) is 0 Å². The summed E-state index contributed by atoms with van der Waals surface area (Å²) in [5.41, 5.74) is 4.75. The first-order chi connectivity index (χ1) is 17.6. The van der Waals surface area contributed by atoms with Gasteiger partial charge in [0.1, 0.15) is 0 Å². The smallest absolute Gasteiger partial charge is 0.203 e. The lowest BCUT2D eigenvalue weighted by Crippen LogP contribution is -2.17. The van der Waals surface area contributed by atoms with E-state index in [4.69, 9.17) is 28.4 Å². The van der Waals surface area contributed by atoms with Crippen molar-refractivity contribution in [3.8, 4) is 34.5 Å². The van der Waals surface area contributed by atoms with Crippen molar-refractivity contribution in [3.05, 3.63) is 83.0 Å². The van der Waals surface area contributed by atoms with Crippen LogP contribution in [-0.2, 0) is 0 Å². The van der Waals surface area contributed by atoms with Gasteiger partial charge in [0.15, 0.2) is 23.0 Å². The molecule has 2 aromatic carbocycles. The summed E-state index contributed by atoms with van der Waals surface area (Å²) in [4.78, 5) is 0. The Hall–Kier alpha value is -3.80. The summed E-state index contributed by atoms with van der Waals surface area (Å²) >= 11 is 0. The Bertz CT molecular complexity index is 1070. The van der Waals surface area contributed by atoms with Crippen LogP contribution in [0, 0.1) is 0 Å². The van der Waals surface area contributed by atoms with Crippen molar-refractivity contribution < 1.29 is 28.4 Å². The summed E-state index contributed by atoms with van der Waals surface area (Å²) in [7, 11) is 9.82. The Balaban J connectivity index is 1.97. The molecule has 0 aliphatic heterocycles. The fourth-order valence-electron chi connectivity index (χ4n) is 5.19. The molecule has 0 saturated carbocycles. The monoisotopic (exact) mass is 490 g/mol. The Morgan fingerprint density at radius 1 is 0.500 bits per heavy atom. The van der Waals surface area contributed by atoms with Crippen molar-refractivity contribution >= 4 is 0 Å². The molecular weight excluding hydrogens is 456 g/mol. The molecule has 2 atom stereocenters. The van der Waals surface area contributed by atoms with Crippen LogP contribution in [0.4, 0.5) is 0 Å².